The molecule has 1 aromatic heterocycles. The molecule has 0 radical (unpaired) electrons. The second-order valence-electron chi connectivity index (χ2n) is 5.57. The van der Waals surface area contributed by atoms with Gasteiger partial charge < -0.3 is 15.5 Å². The monoisotopic (exact) mass is 275 g/mol. The van der Waals surface area contributed by atoms with Gasteiger partial charge in [-0.25, -0.2) is 9.97 Å². The van der Waals surface area contributed by atoms with E-state index in [0.717, 1.165) is 44.6 Å². The van der Waals surface area contributed by atoms with Crippen molar-refractivity contribution in [3.63, 3.8) is 0 Å². The molecule has 1 aliphatic carbocycles. The van der Waals surface area contributed by atoms with Crippen molar-refractivity contribution in [3.8, 4) is 0 Å². The van der Waals surface area contributed by atoms with Gasteiger partial charge in [0, 0.05) is 25.0 Å². The molecule has 1 amide bonds. The topological polar surface area (TPSA) is 70.2 Å². The largest absolute Gasteiger partial charge is 0.355 e. The lowest BCUT2D eigenvalue weighted by atomic mass is 10.1. The van der Waals surface area contributed by atoms with E-state index in [1.807, 2.05) is 7.05 Å². The fraction of sp³-hybridized carbons (Fsp3) is 0.643. The third kappa shape index (κ3) is 3.07. The van der Waals surface area contributed by atoms with Crippen molar-refractivity contribution in [2.75, 3.05) is 30.4 Å². The number of nitrogens with zero attached hydrogens (tertiary/aromatic N) is 3. The van der Waals surface area contributed by atoms with Crippen LogP contribution in [0.4, 0.5) is 11.6 Å². The van der Waals surface area contributed by atoms with Crippen LogP contribution < -0.4 is 15.5 Å². The zero-order chi connectivity index (χ0) is 13.9. The van der Waals surface area contributed by atoms with Gasteiger partial charge in [0.05, 0.1) is 12.4 Å². The van der Waals surface area contributed by atoms with E-state index in [0.29, 0.717) is 11.9 Å². The quantitative estimate of drug-likeness (QED) is 0.858. The molecule has 2 heterocycles. The number of amides is 1. The fourth-order valence-electron chi connectivity index (χ4n) is 2.52. The summed E-state index contributed by atoms with van der Waals surface area (Å²) in [6.07, 6.45) is 7.65. The number of aromatic nitrogens is 2. The van der Waals surface area contributed by atoms with E-state index in [1.54, 1.807) is 12.4 Å². The van der Waals surface area contributed by atoms with Gasteiger partial charge in [0.25, 0.3) is 0 Å². The maximum Gasteiger partial charge on any atom is 0.228 e. The first-order valence-corrected chi connectivity index (χ1v) is 7.31. The van der Waals surface area contributed by atoms with Crippen molar-refractivity contribution in [1.29, 1.82) is 0 Å². The highest BCUT2D eigenvalue weighted by atomic mass is 16.2. The number of nitrogens with one attached hydrogen (secondary N) is 2. The lowest BCUT2D eigenvalue weighted by Gasteiger charge is -2.32. The molecule has 2 aliphatic rings. The average molecular weight is 275 g/mol. The molecular formula is C14H21N5O. The van der Waals surface area contributed by atoms with Gasteiger partial charge >= 0.3 is 0 Å². The lowest BCUT2D eigenvalue weighted by molar-refractivity contribution is -0.117. The van der Waals surface area contributed by atoms with Crippen molar-refractivity contribution in [3.05, 3.63) is 12.4 Å². The summed E-state index contributed by atoms with van der Waals surface area (Å²) in [5.74, 6) is 1.71. The van der Waals surface area contributed by atoms with Gasteiger partial charge in [-0.3, -0.25) is 4.79 Å². The van der Waals surface area contributed by atoms with E-state index in [-0.39, 0.29) is 11.8 Å². The van der Waals surface area contributed by atoms with Crippen LogP contribution in [0.2, 0.25) is 0 Å². The molecule has 0 unspecified atom stereocenters. The smallest absolute Gasteiger partial charge is 0.228 e. The molecular weight excluding hydrogens is 254 g/mol. The summed E-state index contributed by atoms with van der Waals surface area (Å²) >= 11 is 0. The molecule has 1 saturated heterocycles. The number of carbonyl (C=O) groups excluding carboxylic acids is 1. The number of carbonyl (C=O) groups is 1. The molecule has 0 spiro atoms. The van der Waals surface area contributed by atoms with Crippen LogP contribution in [0.5, 0.6) is 0 Å². The van der Waals surface area contributed by atoms with Crippen molar-refractivity contribution in [1.82, 2.24) is 15.3 Å². The predicted octanol–water partition coefficient (Wildman–Crippen LogP) is 1.01. The molecule has 0 bridgehead atoms. The van der Waals surface area contributed by atoms with Gasteiger partial charge in [-0.05, 0) is 32.7 Å². The summed E-state index contributed by atoms with van der Waals surface area (Å²) in [6.45, 7) is 1.99. The van der Waals surface area contributed by atoms with E-state index < -0.39 is 0 Å². The minimum Gasteiger partial charge on any atom is -0.355 e. The zero-order valence-electron chi connectivity index (χ0n) is 11.8. The van der Waals surface area contributed by atoms with Gasteiger partial charge in [0.2, 0.25) is 5.91 Å². The van der Waals surface area contributed by atoms with E-state index in [4.69, 9.17) is 0 Å². The minimum absolute atomic E-state index is 0.0712. The second-order valence-corrected chi connectivity index (χ2v) is 5.57. The highest BCUT2D eigenvalue weighted by molar-refractivity contribution is 5.93. The molecule has 2 fully saturated rings. The third-order valence-corrected chi connectivity index (χ3v) is 4.06. The van der Waals surface area contributed by atoms with Gasteiger partial charge in [-0.15, -0.1) is 0 Å². The van der Waals surface area contributed by atoms with Crippen LogP contribution in [-0.2, 0) is 4.79 Å². The minimum atomic E-state index is 0.0712. The van der Waals surface area contributed by atoms with E-state index >= 15 is 0 Å². The molecule has 2 N–H and O–H groups in total. The summed E-state index contributed by atoms with van der Waals surface area (Å²) in [7, 11) is 2.01. The molecule has 20 heavy (non-hydrogen) atoms. The standard InChI is InChI=1S/C14H21N5O/c1-15-11-4-6-19(7-5-11)13-9-16-12(8-17-13)18-14(20)10-2-3-10/h8-11,15H,2-7H2,1H3,(H,16,18,20). The number of rotatable bonds is 4. The normalized spacial score (nSPS) is 19.9. The Kier molecular flexibility index (Phi) is 3.82. The summed E-state index contributed by atoms with van der Waals surface area (Å²) in [5, 5.41) is 6.12. The van der Waals surface area contributed by atoms with E-state index in [2.05, 4.69) is 25.5 Å². The van der Waals surface area contributed by atoms with Crippen LogP contribution in [0.15, 0.2) is 12.4 Å². The Hall–Kier alpha value is -1.69. The average Bonchev–Trinajstić information content (AvgIpc) is 3.33. The summed E-state index contributed by atoms with van der Waals surface area (Å²) < 4.78 is 0. The maximum atomic E-state index is 11.6. The fourth-order valence-corrected chi connectivity index (χ4v) is 2.52. The van der Waals surface area contributed by atoms with Gasteiger partial charge in [0.15, 0.2) is 5.82 Å². The highest BCUT2D eigenvalue weighted by Gasteiger charge is 2.29. The first kappa shape index (κ1) is 13.3. The molecule has 108 valence electrons. The number of hydrogen-bond donors (Lipinski definition) is 2. The van der Waals surface area contributed by atoms with Gasteiger partial charge in [-0.2, -0.15) is 0 Å². The Morgan fingerprint density at radius 3 is 2.50 bits per heavy atom. The Labute approximate surface area is 119 Å². The molecule has 3 rings (SSSR count). The van der Waals surface area contributed by atoms with Crippen molar-refractivity contribution < 1.29 is 4.79 Å². The predicted molar refractivity (Wildman–Crippen MR) is 77.7 cm³/mol. The first-order chi connectivity index (χ1) is 9.76. The Bertz CT molecular complexity index is 463. The summed E-state index contributed by atoms with van der Waals surface area (Å²) in [6, 6.07) is 0.608. The van der Waals surface area contributed by atoms with Crippen LogP contribution >= 0.6 is 0 Å². The Balaban J connectivity index is 1.57. The zero-order valence-corrected chi connectivity index (χ0v) is 11.8. The Morgan fingerprint density at radius 1 is 1.20 bits per heavy atom. The van der Waals surface area contributed by atoms with Crippen molar-refractivity contribution >= 4 is 17.5 Å². The maximum absolute atomic E-state index is 11.6. The van der Waals surface area contributed by atoms with Crippen molar-refractivity contribution in [2.24, 2.45) is 5.92 Å². The van der Waals surface area contributed by atoms with Gasteiger partial charge in [0.1, 0.15) is 5.82 Å². The third-order valence-electron chi connectivity index (χ3n) is 4.06. The lowest BCUT2D eigenvalue weighted by Crippen LogP contribution is -2.41. The molecule has 1 aromatic rings. The van der Waals surface area contributed by atoms with Crippen molar-refractivity contribution in [2.45, 2.75) is 31.7 Å². The number of hydrogen-bond acceptors (Lipinski definition) is 5. The SMILES string of the molecule is CNC1CCN(c2cnc(NC(=O)C3CC3)cn2)CC1. The van der Waals surface area contributed by atoms with Gasteiger partial charge in [-0.1, -0.05) is 0 Å². The van der Waals surface area contributed by atoms with Crippen LogP contribution in [0.3, 0.4) is 0 Å². The van der Waals surface area contributed by atoms with Crippen LogP contribution in [0.25, 0.3) is 0 Å². The molecule has 0 aromatic carbocycles. The highest BCUT2D eigenvalue weighted by Crippen LogP contribution is 2.29. The number of piperidine rings is 1. The van der Waals surface area contributed by atoms with Crippen LogP contribution in [0, 0.1) is 5.92 Å². The molecule has 1 saturated carbocycles. The molecule has 0 atom stereocenters. The second kappa shape index (κ2) is 5.75. The van der Waals surface area contributed by atoms with Crippen LogP contribution in [-0.4, -0.2) is 42.1 Å². The molecule has 1 aliphatic heterocycles. The van der Waals surface area contributed by atoms with E-state index in [1.165, 1.54) is 0 Å². The van der Waals surface area contributed by atoms with E-state index in [9.17, 15) is 4.79 Å². The van der Waals surface area contributed by atoms with Crippen LogP contribution in [0.1, 0.15) is 25.7 Å². The molecule has 6 heteroatoms. The number of anilines is 2. The summed E-state index contributed by atoms with van der Waals surface area (Å²) in [4.78, 5) is 22.6. The first-order valence-electron chi connectivity index (χ1n) is 7.31. The Morgan fingerprint density at radius 2 is 1.95 bits per heavy atom. The summed E-state index contributed by atoms with van der Waals surface area (Å²) in [5.41, 5.74) is 0. The molecule has 6 nitrogen and oxygen atoms in total.